The lowest BCUT2D eigenvalue weighted by Gasteiger charge is -2.28. The molecule has 0 aliphatic rings. The molecule has 15 heavy (non-hydrogen) atoms. The fraction of sp³-hybridized carbons (Fsp3) is 0.889. The third-order valence-corrected chi connectivity index (χ3v) is 1.79. The normalized spacial score (nSPS) is 14.1. The quantitative estimate of drug-likeness (QED) is 0.790. The molecule has 0 radical (unpaired) electrons. The van der Waals surface area contributed by atoms with E-state index >= 15 is 0 Å². The lowest BCUT2D eigenvalue weighted by molar-refractivity contribution is -0.164. The molecule has 0 aliphatic heterocycles. The maximum Gasteiger partial charge on any atom is 0.406 e. The average molecular weight is 226 g/mol. The number of hydrogen-bond acceptors (Lipinski definition) is 2. The first-order valence-electron chi connectivity index (χ1n) is 4.75. The zero-order valence-corrected chi connectivity index (χ0v) is 9.14. The molecule has 0 heterocycles. The molecule has 0 spiro atoms. The van der Waals surface area contributed by atoms with Crippen molar-refractivity contribution in [2.75, 3.05) is 6.54 Å². The Balaban J connectivity index is 4.46. The summed E-state index contributed by atoms with van der Waals surface area (Å²) in [5.74, 6) is -0.558. The number of amides is 1. The molecule has 1 atom stereocenters. The van der Waals surface area contributed by atoms with Gasteiger partial charge in [0.1, 0.15) is 6.54 Å². The van der Waals surface area contributed by atoms with Crippen molar-refractivity contribution < 1.29 is 18.0 Å². The molecule has 0 aromatic heterocycles. The van der Waals surface area contributed by atoms with Crippen molar-refractivity contribution >= 4 is 5.91 Å². The molecule has 0 fully saturated rings. The molecule has 2 N–H and O–H groups in total. The van der Waals surface area contributed by atoms with E-state index in [1.54, 1.807) is 20.8 Å². The van der Waals surface area contributed by atoms with Gasteiger partial charge in [-0.15, -0.1) is 0 Å². The summed E-state index contributed by atoms with van der Waals surface area (Å²) in [7, 11) is 0. The van der Waals surface area contributed by atoms with Gasteiger partial charge in [-0.05, 0) is 20.8 Å². The topological polar surface area (TPSA) is 46.3 Å². The van der Waals surface area contributed by atoms with Crippen molar-refractivity contribution in [1.29, 1.82) is 0 Å². The van der Waals surface area contributed by atoms with Crippen LogP contribution in [0.1, 0.15) is 27.2 Å². The van der Waals surface area contributed by atoms with Crippen molar-refractivity contribution in [1.82, 2.24) is 4.90 Å². The van der Waals surface area contributed by atoms with Gasteiger partial charge in [0.05, 0.1) is 0 Å². The van der Waals surface area contributed by atoms with Crippen LogP contribution in [0.4, 0.5) is 13.2 Å². The minimum absolute atomic E-state index is 0.0613. The van der Waals surface area contributed by atoms with Gasteiger partial charge in [0.2, 0.25) is 5.91 Å². The van der Waals surface area contributed by atoms with E-state index in [0.29, 0.717) is 0 Å². The van der Waals surface area contributed by atoms with Crippen molar-refractivity contribution in [3.63, 3.8) is 0 Å². The van der Waals surface area contributed by atoms with E-state index in [0.717, 1.165) is 4.90 Å². The molecule has 0 aliphatic carbocycles. The first-order valence-corrected chi connectivity index (χ1v) is 4.75. The Morgan fingerprint density at radius 1 is 1.33 bits per heavy atom. The Bertz CT molecular complexity index is 214. The number of nitrogens with zero attached hydrogens (tertiary/aromatic N) is 1. The summed E-state index contributed by atoms with van der Waals surface area (Å²) in [6.07, 6.45) is -4.42. The number of carbonyl (C=O) groups excluding carboxylic acids is 1. The monoisotopic (exact) mass is 226 g/mol. The Morgan fingerprint density at radius 2 is 1.80 bits per heavy atom. The number of alkyl halides is 3. The lowest BCUT2D eigenvalue weighted by atomic mass is 10.2. The molecule has 0 rings (SSSR count). The lowest BCUT2D eigenvalue weighted by Crippen LogP contribution is -2.44. The van der Waals surface area contributed by atoms with E-state index in [2.05, 4.69) is 0 Å². The second-order valence-electron chi connectivity index (χ2n) is 3.91. The standard InChI is InChI=1S/C9H17F3N2O/c1-6(2)14(5-9(10,11)12)8(15)4-7(3)13/h6-7H,4-5,13H2,1-3H3. The molecule has 1 amide bonds. The van der Waals surface area contributed by atoms with Gasteiger partial charge in [0.25, 0.3) is 0 Å². The number of rotatable bonds is 4. The minimum atomic E-state index is -4.36. The van der Waals surface area contributed by atoms with Gasteiger partial charge in [-0.1, -0.05) is 0 Å². The second-order valence-corrected chi connectivity index (χ2v) is 3.91. The Hall–Kier alpha value is -0.780. The number of hydrogen-bond donors (Lipinski definition) is 1. The molecule has 6 heteroatoms. The molecule has 3 nitrogen and oxygen atoms in total. The van der Waals surface area contributed by atoms with Crippen LogP contribution in [0.3, 0.4) is 0 Å². The fourth-order valence-electron chi connectivity index (χ4n) is 1.14. The van der Waals surface area contributed by atoms with E-state index in [1.165, 1.54) is 0 Å². The van der Waals surface area contributed by atoms with Crippen molar-refractivity contribution in [2.24, 2.45) is 5.73 Å². The third kappa shape index (κ3) is 6.33. The van der Waals surface area contributed by atoms with Crippen LogP contribution in [0, 0.1) is 0 Å². The van der Waals surface area contributed by atoms with Gasteiger partial charge in [-0.3, -0.25) is 4.79 Å². The van der Waals surface area contributed by atoms with Gasteiger partial charge >= 0.3 is 6.18 Å². The van der Waals surface area contributed by atoms with Crippen molar-refractivity contribution in [3.8, 4) is 0 Å². The summed E-state index contributed by atoms with van der Waals surface area (Å²) in [6, 6.07) is -0.898. The highest BCUT2D eigenvalue weighted by molar-refractivity contribution is 5.77. The zero-order chi connectivity index (χ0) is 12.2. The third-order valence-electron chi connectivity index (χ3n) is 1.79. The number of halogens is 3. The molecule has 0 saturated heterocycles. The molecule has 1 unspecified atom stereocenters. The van der Waals surface area contributed by atoms with Crippen LogP contribution in [-0.2, 0) is 4.79 Å². The van der Waals surface area contributed by atoms with Gasteiger partial charge < -0.3 is 10.6 Å². The SMILES string of the molecule is CC(N)CC(=O)N(CC(F)(F)F)C(C)C. The molecule has 0 saturated carbocycles. The van der Waals surface area contributed by atoms with Gasteiger partial charge in [0, 0.05) is 18.5 Å². The smallest absolute Gasteiger partial charge is 0.331 e. The molecular formula is C9H17F3N2O. The molecular weight excluding hydrogens is 209 g/mol. The fourth-order valence-corrected chi connectivity index (χ4v) is 1.14. The zero-order valence-electron chi connectivity index (χ0n) is 9.14. The summed E-state index contributed by atoms with van der Waals surface area (Å²) in [5, 5.41) is 0. The summed E-state index contributed by atoms with van der Waals surface area (Å²) in [6.45, 7) is 3.47. The molecule has 0 bridgehead atoms. The van der Waals surface area contributed by atoms with Crippen LogP contribution in [0.25, 0.3) is 0 Å². The first kappa shape index (κ1) is 14.2. The van der Waals surface area contributed by atoms with Crippen LogP contribution >= 0.6 is 0 Å². The highest BCUT2D eigenvalue weighted by atomic mass is 19.4. The van der Waals surface area contributed by atoms with Crippen LogP contribution < -0.4 is 5.73 Å². The summed E-state index contributed by atoms with van der Waals surface area (Å²) < 4.78 is 36.4. The van der Waals surface area contributed by atoms with E-state index < -0.39 is 30.7 Å². The van der Waals surface area contributed by atoms with E-state index in [9.17, 15) is 18.0 Å². The second kappa shape index (κ2) is 5.34. The number of nitrogens with two attached hydrogens (primary N) is 1. The average Bonchev–Trinajstić information content (AvgIpc) is 1.96. The van der Waals surface area contributed by atoms with Crippen LogP contribution in [-0.4, -0.2) is 35.6 Å². The Kier molecular flexibility index (Phi) is 5.07. The van der Waals surface area contributed by atoms with E-state index in [1.807, 2.05) is 0 Å². The molecule has 90 valence electrons. The minimum Gasteiger partial charge on any atom is -0.331 e. The highest BCUT2D eigenvalue weighted by Gasteiger charge is 2.34. The van der Waals surface area contributed by atoms with Crippen LogP contribution in [0.15, 0.2) is 0 Å². The largest absolute Gasteiger partial charge is 0.406 e. The molecule has 0 aromatic carbocycles. The van der Waals surface area contributed by atoms with Crippen LogP contribution in [0.5, 0.6) is 0 Å². The predicted molar refractivity (Wildman–Crippen MR) is 51.2 cm³/mol. The predicted octanol–water partition coefficient (Wildman–Crippen LogP) is 1.52. The maximum atomic E-state index is 12.1. The van der Waals surface area contributed by atoms with Gasteiger partial charge in [-0.25, -0.2) is 0 Å². The van der Waals surface area contributed by atoms with E-state index in [-0.39, 0.29) is 6.42 Å². The van der Waals surface area contributed by atoms with Gasteiger partial charge in [0.15, 0.2) is 0 Å². The maximum absolute atomic E-state index is 12.1. The Morgan fingerprint density at radius 3 is 2.07 bits per heavy atom. The summed E-state index contributed by atoms with van der Waals surface area (Å²) in [5.41, 5.74) is 5.37. The Labute approximate surface area is 87.4 Å². The molecule has 0 aromatic rings. The highest BCUT2D eigenvalue weighted by Crippen LogP contribution is 2.18. The van der Waals surface area contributed by atoms with Crippen molar-refractivity contribution in [3.05, 3.63) is 0 Å². The summed E-state index contributed by atoms with van der Waals surface area (Å²) in [4.78, 5) is 12.2. The van der Waals surface area contributed by atoms with Crippen LogP contribution in [0.2, 0.25) is 0 Å². The first-order chi connectivity index (χ1) is 6.63. The summed E-state index contributed by atoms with van der Waals surface area (Å²) >= 11 is 0. The van der Waals surface area contributed by atoms with Gasteiger partial charge in [-0.2, -0.15) is 13.2 Å². The van der Waals surface area contributed by atoms with Crippen molar-refractivity contribution in [2.45, 2.75) is 45.5 Å². The van der Waals surface area contributed by atoms with E-state index in [4.69, 9.17) is 5.73 Å². The number of carbonyl (C=O) groups is 1.